The molecule has 0 bridgehead atoms. The molecule has 0 aromatic heterocycles. The number of carbonyl (C=O) groups is 2. The van der Waals surface area contributed by atoms with Gasteiger partial charge in [-0.25, -0.2) is 0 Å². The Bertz CT molecular complexity index is 528. The Kier molecular flexibility index (Phi) is 5.49. The fraction of sp³-hybridized carbons (Fsp3) is 0.789. The highest BCUT2D eigenvalue weighted by atomic mass is 16.2. The smallest absolute Gasteiger partial charge is 0.228 e. The Balaban J connectivity index is 1.70. The third kappa shape index (κ3) is 3.75. The van der Waals surface area contributed by atoms with Gasteiger partial charge in [-0.3, -0.25) is 14.5 Å². The number of hydrogen-bond donors (Lipinski definition) is 0. The number of nitrogens with zero attached hydrogens (tertiary/aromatic N) is 4. The Hall–Kier alpha value is -1.40. The lowest BCUT2D eigenvalue weighted by atomic mass is 9.85. The molecule has 6 nitrogen and oxygen atoms in total. The van der Waals surface area contributed by atoms with E-state index in [2.05, 4.69) is 35.4 Å². The molecular formula is C19H32N4O2. The third-order valence-electron chi connectivity index (χ3n) is 6.36. The molecule has 0 radical (unpaired) electrons. The Labute approximate surface area is 151 Å². The Morgan fingerprint density at radius 2 is 1.96 bits per heavy atom. The van der Waals surface area contributed by atoms with Crippen LogP contribution in [0.25, 0.3) is 0 Å². The lowest BCUT2D eigenvalue weighted by molar-refractivity contribution is -0.137. The predicted octanol–water partition coefficient (Wildman–Crippen LogP) is 0.649. The maximum atomic E-state index is 13.1. The molecule has 3 rings (SSSR count). The highest BCUT2D eigenvalue weighted by Crippen LogP contribution is 2.32. The summed E-state index contributed by atoms with van der Waals surface area (Å²) in [6.07, 6.45) is 5.32. The Morgan fingerprint density at radius 1 is 1.24 bits per heavy atom. The lowest BCUT2D eigenvalue weighted by Gasteiger charge is -2.47. The molecule has 1 atom stereocenters. The van der Waals surface area contributed by atoms with E-state index in [1.807, 2.05) is 0 Å². The van der Waals surface area contributed by atoms with E-state index in [1.165, 1.54) is 0 Å². The lowest BCUT2D eigenvalue weighted by Crippen LogP contribution is -2.58. The zero-order valence-electron chi connectivity index (χ0n) is 15.7. The van der Waals surface area contributed by atoms with Crippen LogP contribution in [0.15, 0.2) is 12.7 Å². The average Bonchev–Trinajstić information content (AvgIpc) is 2.88. The molecule has 3 fully saturated rings. The summed E-state index contributed by atoms with van der Waals surface area (Å²) in [4.78, 5) is 33.9. The van der Waals surface area contributed by atoms with Gasteiger partial charge in [0.2, 0.25) is 11.8 Å². The van der Waals surface area contributed by atoms with Gasteiger partial charge < -0.3 is 14.7 Å². The highest BCUT2D eigenvalue weighted by molar-refractivity contribution is 5.89. The molecule has 3 aliphatic heterocycles. The van der Waals surface area contributed by atoms with Crippen molar-refractivity contribution in [2.75, 3.05) is 59.9 Å². The zero-order chi connectivity index (χ0) is 18.0. The van der Waals surface area contributed by atoms with Crippen molar-refractivity contribution in [1.29, 1.82) is 0 Å². The average molecular weight is 348 g/mol. The first-order valence-corrected chi connectivity index (χ1v) is 9.52. The molecule has 3 aliphatic rings. The summed E-state index contributed by atoms with van der Waals surface area (Å²) in [6, 6.07) is 0. The largest absolute Gasteiger partial charge is 0.340 e. The van der Waals surface area contributed by atoms with Gasteiger partial charge in [0.15, 0.2) is 0 Å². The Morgan fingerprint density at radius 3 is 2.64 bits per heavy atom. The molecule has 1 unspecified atom stereocenters. The first-order valence-electron chi connectivity index (χ1n) is 9.52. The molecule has 1 spiro atoms. The second kappa shape index (κ2) is 7.46. The second-order valence-electron chi connectivity index (χ2n) is 8.05. The van der Waals surface area contributed by atoms with Crippen LogP contribution in [0.2, 0.25) is 0 Å². The van der Waals surface area contributed by atoms with Gasteiger partial charge in [0, 0.05) is 44.7 Å². The van der Waals surface area contributed by atoms with Gasteiger partial charge in [-0.05, 0) is 46.4 Å². The molecule has 140 valence electrons. The normalized spacial score (nSPS) is 28.4. The van der Waals surface area contributed by atoms with Crippen LogP contribution < -0.4 is 0 Å². The van der Waals surface area contributed by atoms with Gasteiger partial charge >= 0.3 is 0 Å². The number of hydrogen-bond acceptors (Lipinski definition) is 4. The monoisotopic (exact) mass is 348 g/mol. The van der Waals surface area contributed by atoms with Crippen LogP contribution in [0.5, 0.6) is 0 Å². The van der Waals surface area contributed by atoms with E-state index >= 15 is 0 Å². The molecular weight excluding hydrogens is 316 g/mol. The third-order valence-corrected chi connectivity index (χ3v) is 6.36. The van der Waals surface area contributed by atoms with E-state index < -0.39 is 0 Å². The number of likely N-dealkylation sites (N-methyl/N-ethyl adjacent to an activating group) is 1. The van der Waals surface area contributed by atoms with Crippen molar-refractivity contribution in [2.24, 2.45) is 5.92 Å². The molecule has 0 aromatic rings. The quantitative estimate of drug-likeness (QED) is 0.703. The summed E-state index contributed by atoms with van der Waals surface area (Å²) in [7, 11) is 4.38. The minimum absolute atomic E-state index is 0.0826. The van der Waals surface area contributed by atoms with Crippen molar-refractivity contribution in [2.45, 2.75) is 31.2 Å². The van der Waals surface area contributed by atoms with Crippen LogP contribution in [0.1, 0.15) is 25.7 Å². The molecule has 25 heavy (non-hydrogen) atoms. The summed E-state index contributed by atoms with van der Waals surface area (Å²) >= 11 is 0. The maximum absolute atomic E-state index is 13.1. The topological polar surface area (TPSA) is 47.1 Å². The molecule has 0 saturated carbocycles. The summed E-state index contributed by atoms with van der Waals surface area (Å²) in [6.45, 7) is 9.63. The SMILES string of the molecule is C=CCN1CC(C(=O)N2CCCN(C)C3(CCN(C)CC3)C2)CC1=O. The van der Waals surface area contributed by atoms with Crippen molar-refractivity contribution in [1.82, 2.24) is 19.6 Å². The van der Waals surface area contributed by atoms with Crippen molar-refractivity contribution in [3.8, 4) is 0 Å². The van der Waals surface area contributed by atoms with Gasteiger partial charge in [0.05, 0.1) is 5.92 Å². The standard InChI is InChI=1S/C19H32N4O2/c1-4-8-22-14-16(13-17(22)24)18(25)23-10-5-9-21(3)19(15-23)6-11-20(2)12-7-19/h4,16H,1,5-15H2,2-3H3. The molecule has 3 saturated heterocycles. The molecule has 0 aromatic carbocycles. The number of piperidine rings is 1. The molecule has 3 heterocycles. The van der Waals surface area contributed by atoms with Crippen molar-refractivity contribution in [3.05, 3.63) is 12.7 Å². The second-order valence-corrected chi connectivity index (χ2v) is 8.05. The molecule has 6 heteroatoms. The van der Waals surface area contributed by atoms with E-state index in [-0.39, 0.29) is 23.3 Å². The van der Waals surface area contributed by atoms with Gasteiger partial charge in [0.1, 0.15) is 0 Å². The number of likely N-dealkylation sites (tertiary alicyclic amines) is 2. The first kappa shape index (κ1) is 18.4. The van der Waals surface area contributed by atoms with E-state index in [0.717, 1.165) is 52.0 Å². The van der Waals surface area contributed by atoms with Crippen LogP contribution in [-0.4, -0.2) is 96.9 Å². The van der Waals surface area contributed by atoms with E-state index in [0.29, 0.717) is 19.5 Å². The van der Waals surface area contributed by atoms with Crippen LogP contribution in [0.3, 0.4) is 0 Å². The van der Waals surface area contributed by atoms with E-state index in [1.54, 1.807) is 11.0 Å². The fourth-order valence-corrected chi connectivity index (χ4v) is 4.58. The number of amides is 2. The number of rotatable bonds is 3. The first-order chi connectivity index (χ1) is 11.9. The van der Waals surface area contributed by atoms with E-state index in [9.17, 15) is 9.59 Å². The van der Waals surface area contributed by atoms with Crippen LogP contribution >= 0.6 is 0 Å². The van der Waals surface area contributed by atoms with Gasteiger partial charge in [-0.1, -0.05) is 6.08 Å². The highest BCUT2D eigenvalue weighted by Gasteiger charge is 2.43. The van der Waals surface area contributed by atoms with Crippen LogP contribution in [0.4, 0.5) is 0 Å². The summed E-state index contributed by atoms with van der Waals surface area (Å²) in [5.74, 6) is 0.0758. The molecule has 0 N–H and O–H groups in total. The van der Waals surface area contributed by atoms with Crippen LogP contribution in [0, 0.1) is 5.92 Å². The molecule has 2 amide bonds. The predicted molar refractivity (Wildman–Crippen MR) is 98.2 cm³/mol. The summed E-state index contributed by atoms with van der Waals surface area (Å²) < 4.78 is 0. The van der Waals surface area contributed by atoms with Crippen LogP contribution in [-0.2, 0) is 9.59 Å². The number of carbonyl (C=O) groups excluding carboxylic acids is 2. The molecule has 0 aliphatic carbocycles. The van der Waals surface area contributed by atoms with E-state index in [4.69, 9.17) is 0 Å². The van der Waals surface area contributed by atoms with Crippen molar-refractivity contribution >= 4 is 11.8 Å². The van der Waals surface area contributed by atoms with Gasteiger partial charge in [-0.15, -0.1) is 6.58 Å². The van der Waals surface area contributed by atoms with Crippen molar-refractivity contribution < 1.29 is 9.59 Å². The zero-order valence-corrected chi connectivity index (χ0v) is 15.7. The fourth-order valence-electron chi connectivity index (χ4n) is 4.58. The maximum Gasteiger partial charge on any atom is 0.228 e. The summed E-state index contributed by atoms with van der Waals surface area (Å²) in [5.41, 5.74) is 0.0993. The van der Waals surface area contributed by atoms with Crippen molar-refractivity contribution in [3.63, 3.8) is 0 Å². The van der Waals surface area contributed by atoms with Gasteiger partial charge in [-0.2, -0.15) is 0 Å². The van der Waals surface area contributed by atoms with Gasteiger partial charge in [0.25, 0.3) is 0 Å². The summed E-state index contributed by atoms with van der Waals surface area (Å²) in [5, 5.41) is 0. The minimum atomic E-state index is -0.181. The minimum Gasteiger partial charge on any atom is -0.340 e.